The van der Waals surface area contributed by atoms with E-state index < -0.39 is 0 Å². The van der Waals surface area contributed by atoms with Crippen LogP contribution in [-0.2, 0) is 12.8 Å². The van der Waals surface area contributed by atoms with Crippen molar-refractivity contribution in [2.75, 3.05) is 5.32 Å². The lowest BCUT2D eigenvalue weighted by Gasteiger charge is -2.07. The maximum atomic E-state index is 12.5. The second-order valence-corrected chi connectivity index (χ2v) is 8.41. The molecule has 0 amide bonds. The third-order valence-corrected chi connectivity index (χ3v) is 6.31. The molecule has 5 rings (SSSR count). The highest BCUT2D eigenvalue weighted by Crippen LogP contribution is 2.31. The second kappa shape index (κ2) is 6.06. The molecule has 3 heterocycles. The zero-order chi connectivity index (χ0) is 17.7. The minimum absolute atomic E-state index is 0.0698. The van der Waals surface area contributed by atoms with Crippen LogP contribution >= 0.6 is 23.1 Å². The number of fused-ring (bicyclic) bond motifs is 3. The van der Waals surface area contributed by atoms with Gasteiger partial charge in [-0.15, -0.1) is 20.4 Å². The van der Waals surface area contributed by atoms with Crippen LogP contribution in [0, 0.1) is 0 Å². The Labute approximate surface area is 156 Å². The molecule has 3 aromatic heterocycles. The summed E-state index contributed by atoms with van der Waals surface area (Å²) in [5.41, 5.74) is 0.749. The van der Waals surface area contributed by atoms with Crippen molar-refractivity contribution in [1.29, 1.82) is 0 Å². The summed E-state index contributed by atoms with van der Waals surface area (Å²) in [4.78, 5) is 12.5. The predicted molar refractivity (Wildman–Crippen MR) is 102 cm³/mol. The Bertz CT molecular complexity index is 1170. The van der Waals surface area contributed by atoms with Crippen LogP contribution in [-0.4, -0.2) is 35.4 Å². The van der Waals surface area contributed by atoms with Gasteiger partial charge in [0.2, 0.25) is 10.9 Å². The van der Waals surface area contributed by atoms with Crippen molar-refractivity contribution < 1.29 is 0 Å². The SMILES string of the molecule is Cn1c(=O)c2ccccc2n2c(CSc3nnc(NC4CC4)s3)nnc12. The molecule has 0 radical (unpaired) electrons. The van der Waals surface area contributed by atoms with E-state index in [4.69, 9.17) is 0 Å². The Morgan fingerprint density at radius 3 is 2.92 bits per heavy atom. The van der Waals surface area contributed by atoms with Gasteiger partial charge >= 0.3 is 0 Å². The van der Waals surface area contributed by atoms with E-state index in [0.29, 0.717) is 23.0 Å². The van der Waals surface area contributed by atoms with E-state index in [1.165, 1.54) is 17.4 Å². The van der Waals surface area contributed by atoms with Gasteiger partial charge in [-0.3, -0.25) is 13.8 Å². The van der Waals surface area contributed by atoms with Crippen LogP contribution in [0.15, 0.2) is 33.4 Å². The number of rotatable bonds is 5. The second-order valence-electron chi connectivity index (χ2n) is 6.21. The molecular weight excluding hydrogens is 370 g/mol. The lowest BCUT2D eigenvalue weighted by Crippen LogP contribution is -2.20. The van der Waals surface area contributed by atoms with E-state index in [0.717, 1.165) is 20.8 Å². The van der Waals surface area contributed by atoms with Gasteiger partial charge in [-0.2, -0.15) is 0 Å². The Morgan fingerprint density at radius 1 is 1.23 bits per heavy atom. The van der Waals surface area contributed by atoms with E-state index in [9.17, 15) is 4.79 Å². The maximum absolute atomic E-state index is 12.5. The van der Waals surface area contributed by atoms with Gasteiger partial charge < -0.3 is 5.32 Å². The first-order chi connectivity index (χ1) is 12.7. The van der Waals surface area contributed by atoms with Crippen molar-refractivity contribution in [3.05, 3.63) is 40.4 Å². The molecule has 26 heavy (non-hydrogen) atoms. The molecule has 1 N–H and O–H groups in total. The monoisotopic (exact) mass is 385 g/mol. The fourth-order valence-electron chi connectivity index (χ4n) is 2.84. The normalized spacial score (nSPS) is 14.3. The number of nitrogens with one attached hydrogen (secondary N) is 1. The highest BCUT2D eigenvalue weighted by atomic mass is 32.2. The third kappa shape index (κ3) is 2.65. The standard InChI is InChI=1S/C16H15N7OS2/c1-22-13(24)10-4-2-3-5-11(10)23-12(18-20-15(22)23)8-25-16-21-19-14(26-16)17-9-6-7-9/h2-5,9H,6-8H2,1H3,(H,17,19). The molecule has 0 atom stereocenters. The Morgan fingerprint density at radius 2 is 2.08 bits per heavy atom. The quantitative estimate of drug-likeness (QED) is 0.527. The fourth-order valence-corrected chi connectivity index (χ4v) is 4.58. The van der Waals surface area contributed by atoms with Gasteiger partial charge in [-0.1, -0.05) is 35.2 Å². The molecule has 0 aliphatic heterocycles. The van der Waals surface area contributed by atoms with Crippen LogP contribution in [0.1, 0.15) is 18.7 Å². The van der Waals surface area contributed by atoms with Crippen LogP contribution in [0.5, 0.6) is 0 Å². The van der Waals surface area contributed by atoms with Gasteiger partial charge in [0.05, 0.1) is 16.7 Å². The summed E-state index contributed by atoms with van der Waals surface area (Å²) in [5, 5.41) is 21.8. The summed E-state index contributed by atoms with van der Waals surface area (Å²) in [7, 11) is 1.72. The van der Waals surface area contributed by atoms with Gasteiger partial charge in [0.25, 0.3) is 5.56 Å². The number of benzene rings is 1. The molecule has 1 aliphatic carbocycles. The third-order valence-electron chi connectivity index (χ3n) is 4.33. The van der Waals surface area contributed by atoms with Crippen LogP contribution in [0.2, 0.25) is 0 Å². The van der Waals surface area contributed by atoms with Gasteiger partial charge in [-0.05, 0) is 25.0 Å². The summed E-state index contributed by atoms with van der Waals surface area (Å²) in [6.07, 6.45) is 2.42. The first kappa shape index (κ1) is 15.8. The lowest BCUT2D eigenvalue weighted by atomic mass is 10.2. The minimum atomic E-state index is -0.0698. The Hall–Kier alpha value is -2.46. The molecule has 1 aromatic carbocycles. The van der Waals surface area contributed by atoms with E-state index in [1.807, 2.05) is 28.7 Å². The molecule has 10 heteroatoms. The zero-order valence-corrected chi connectivity index (χ0v) is 15.5. The zero-order valence-electron chi connectivity index (χ0n) is 13.9. The van der Waals surface area contributed by atoms with Gasteiger partial charge in [0.1, 0.15) is 5.82 Å². The van der Waals surface area contributed by atoms with Gasteiger partial charge in [0.15, 0.2) is 4.34 Å². The van der Waals surface area contributed by atoms with E-state index in [2.05, 4.69) is 25.7 Å². The summed E-state index contributed by atoms with van der Waals surface area (Å²) < 4.78 is 4.36. The largest absolute Gasteiger partial charge is 0.357 e. The van der Waals surface area contributed by atoms with E-state index in [-0.39, 0.29) is 5.56 Å². The fraction of sp³-hybridized carbons (Fsp3) is 0.312. The maximum Gasteiger partial charge on any atom is 0.262 e. The molecule has 1 aliphatic rings. The van der Waals surface area contributed by atoms with E-state index in [1.54, 1.807) is 30.1 Å². The first-order valence-corrected chi connectivity index (χ1v) is 10.1. The molecule has 0 bridgehead atoms. The molecular formula is C16H15N7OS2. The molecule has 132 valence electrons. The smallest absolute Gasteiger partial charge is 0.262 e. The molecule has 4 aromatic rings. The number of anilines is 1. The average molecular weight is 385 g/mol. The lowest BCUT2D eigenvalue weighted by molar-refractivity contribution is 0.857. The molecule has 8 nitrogen and oxygen atoms in total. The number of hydrogen-bond donors (Lipinski definition) is 1. The molecule has 1 fully saturated rings. The summed E-state index contributed by atoms with van der Waals surface area (Å²) in [6, 6.07) is 8.09. The van der Waals surface area contributed by atoms with Crippen LogP contribution in [0.4, 0.5) is 5.13 Å². The van der Waals surface area contributed by atoms with Crippen molar-refractivity contribution in [2.45, 2.75) is 29.0 Å². The van der Waals surface area contributed by atoms with Crippen molar-refractivity contribution >= 4 is 44.9 Å². The van der Waals surface area contributed by atoms with Gasteiger partial charge in [-0.25, -0.2) is 0 Å². The number of thioether (sulfide) groups is 1. The highest BCUT2D eigenvalue weighted by molar-refractivity contribution is 8.00. The topological polar surface area (TPSA) is 90.0 Å². The van der Waals surface area contributed by atoms with E-state index >= 15 is 0 Å². The average Bonchev–Trinajstić information content (AvgIpc) is 3.18. The summed E-state index contributed by atoms with van der Waals surface area (Å²) in [6.45, 7) is 0. The Balaban J connectivity index is 1.49. The number of para-hydroxylation sites is 1. The van der Waals surface area contributed by atoms with Crippen molar-refractivity contribution in [2.24, 2.45) is 7.05 Å². The predicted octanol–water partition coefficient (Wildman–Crippen LogP) is 2.30. The van der Waals surface area contributed by atoms with Crippen molar-refractivity contribution in [3.8, 4) is 0 Å². The number of aryl methyl sites for hydroxylation is 1. The number of aromatic nitrogens is 6. The molecule has 0 saturated heterocycles. The van der Waals surface area contributed by atoms with Crippen LogP contribution in [0.25, 0.3) is 16.7 Å². The van der Waals surface area contributed by atoms with Crippen LogP contribution in [0.3, 0.4) is 0 Å². The summed E-state index contributed by atoms with van der Waals surface area (Å²) in [5.74, 6) is 1.92. The first-order valence-electron chi connectivity index (χ1n) is 8.25. The Kier molecular flexibility index (Phi) is 3.68. The van der Waals surface area contributed by atoms with Crippen molar-refractivity contribution in [3.63, 3.8) is 0 Å². The molecule has 0 spiro atoms. The van der Waals surface area contributed by atoms with Crippen molar-refractivity contribution in [1.82, 2.24) is 29.4 Å². The summed E-state index contributed by atoms with van der Waals surface area (Å²) >= 11 is 3.13. The molecule has 0 unspecified atom stereocenters. The number of nitrogens with zero attached hydrogens (tertiary/aromatic N) is 6. The molecule has 1 saturated carbocycles. The van der Waals surface area contributed by atoms with Gasteiger partial charge in [0, 0.05) is 13.1 Å². The number of hydrogen-bond acceptors (Lipinski definition) is 8. The van der Waals surface area contributed by atoms with Crippen LogP contribution < -0.4 is 10.9 Å². The highest BCUT2D eigenvalue weighted by Gasteiger charge is 2.22. The minimum Gasteiger partial charge on any atom is -0.357 e.